The van der Waals surface area contributed by atoms with Crippen LogP contribution in [0.1, 0.15) is 28.5 Å². The Morgan fingerprint density at radius 1 is 1.11 bits per heavy atom. The highest BCUT2D eigenvalue weighted by atomic mass is 32.1. The first-order valence-corrected chi connectivity index (χ1v) is 9.35. The number of carboxylic acids is 1. The molecule has 0 aliphatic rings. The lowest BCUT2D eigenvalue weighted by atomic mass is 10.1. The van der Waals surface area contributed by atoms with Crippen LogP contribution in [0.25, 0.3) is 0 Å². The molecule has 0 atom stereocenters. The molecular weight excluding hydrogens is 362 g/mol. The molecule has 0 aliphatic carbocycles. The molecule has 0 aliphatic heterocycles. The van der Waals surface area contributed by atoms with Gasteiger partial charge in [-0.15, -0.1) is 11.3 Å². The Balaban J connectivity index is 1.59. The monoisotopic (exact) mass is 381 g/mol. The molecule has 0 unspecified atom stereocenters. The lowest BCUT2D eigenvalue weighted by Gasteiger charge is -2.05. The van der Waals surface area contributed by atoms with Gasteiger partial charge in [0.25, 0.3) is 0 Å². The number of carbonyl (C=O) groups is 2. The quantitative estimate of drug-likeness (QED) is 0.567. The summed E-state index contributed by atoms with van der Waals surface area (Å²) in [5.74, 6) is -1.28. The minimum Gasteiger partial charge on any atom is -0.478 e. The van der Waals surface area contributed by atoms with E-state index >= 15 is 0 Å². The van der Waals surface area contributed by atoms with E-state index in [1.54, 1.807) is 12.1 Å². The first-order chi connectivity index (χ1) is 13.0. The van der Waals surface area contributed by atoms with Gasteiger partial charge in [0, 0.05) is 16.8 Å². The number of anilines is 3. The number of nitrogens with one attached hydrogen (secondary N) is 2. The van der Waals surface area contributed by atoms with Crippen LogP contribution in [0, 0.1) is 0 Å². The van der Waals surface area contributed by atoms with Gasteiger partial charge in [-0.3, -0.25) is 4.79 Å². The van der Waals surface area contributed by atoms with Gasteiger partial charge in [-0.2, -0.15) is 0 Å². The second-order valence-electron chi connectivity index (χ2n) is 5.93. The topological polar surface area (TPSA) is 91.3 Å². The van der Waals surface area contributed by atoms with Crippen molar-refractivity contribution in [2.75, 3.05) is 10.6 Å². The molecular formula is C20H19N3O3S. The molecule has 0 spiro atoms. The van der Waals surface area contributed by atoms with E-state index in [4.69, 9.17) is 5.11 Å². The second-order valence-corrected chi connectivity index (χ2v) is 6.79. The molecule has 1 heterocycles. The molecule has 0 saturated carbocycles. The number of carboxylic acid groups (broad SMARTS) is 1. The first-order valence-electron chi connectivity index (χ1n) is 8.47. The maximum atomic E-state index is 12.2. The number of carbonyl (C=O) groups excluding carboxylic acids is 1. The van der Waals surface area contributed by atoms with Gasteiger partial charge in [-0.25, -0.2) is 9.78 Å². The van der Waals surface area contributed by atoms with E-state index in [1.807, 2.05) is 17.5 Å². The second kappa shape index (κ2) is 8.46. The first kappa shape index (κ1) is 18.6. The molecule has 0 fully saturated rings. The molecule has 3 N–H and O–H groups in total. The van der Waals surface area contributed by atoms with Gasteiger partial charge in [0.2, 0.25) is 5.91 Å². The van der Waals surface area contributed by atoms with E-state index in [9.17, 15) is 9.59 Å². The summed E-state index contributed by atoms with van der Waals surface area (Å²) >= 11 is 1.43. The van der Waals surface area contributed by atoms with Crippen molar-refractivity contribution in [2.45, 2.75) is 19.8 Å². The zero-order valence-corrected chi connectivity index (χ0v) is 15.5. The number of aryl methyl sites for hydroxylation is 1. The Labute approximate surface area is 160 Å². The van der Waals surface area contributed by atoms with Crippen LogP contribution in [0.15, 0.2) is 53.9 Å². The zero-order valence-electron chi connectivity index (χ0n) is 14.7. The summed E-state index contributed by atoms with van der Waals surface area (Å²) < 4.78 is 0. The van der Waals surface area contributed by atoms with Gasteiger partial charge in [-0.05, 0) is 42.3 Å². The summed E-state index contributed by atoms with van der Waals surface area (Å²) in [5, 5.41) is 17.5. The Morgan fingerprint density at radius 2 is 1.89 bits per heavy atom. The highest BCUT2D eigenvalue weighted by Gasteiger charge is 2.10. The maximum absolute atomic E-state index is 12.2. The van der Waals surface area contributed by atoms with Crippen LogP contribution >= 0.6 is 11.3 Å². The summed E-state index contributed by atoms with van der Waals surface area (Å²) in [6.45, 7) is 2.11. The number of benzene rings is 2. The van der Waals surface area contributed by atoms with Crippen LogP contribution in [0.5, 0.6) is 0 Å². The largest absolute Gasteiger partial charge is 0.478 e. The Hall–Kier alpha value is -3.19. The van der Waals surface area contributed by atoms with E-state index in [1.165, 1.54) is 29.0 Å². The van der Waals surface area contributed by atoms with E-state index in [0.717, 1.165) is 17.2 Å². The molecule has 2 aromatic carbocycles. The summed E-state index contributed by atoms with van der Waals surface area (Å²) in [7, 11) is 0. The Morgan fingerprint density at radius 3 is 2.59 bits per heavy atom. The van der Waals surface area contributed by atoms with Gasteiger partial charge in [-0.1, -0.05) is 25.1 Å². The lowest BCUT2D eigenvalue weighted by molar-refractivity contribution is -0.115. The molecule has 138 valence electrons. The van der Waals surface area contributed by atoms with E-state index in [2.05, 4.69) is 34.7 Å². The normalized spacial score (nSPS) is 10.4. The van der Waals surface area contributed by atoms with E-state index in [0.29, 0.717) is 11.4 Å². The van der Waals surface area contributed by atoms with Crippen molar-refractivity contribution in [2.24, 2.45) is 0 Å². The molecule has 0 bridgehead atoms. The van der Waals surface area contributed by atoms with Gasteiger partial charge < -0.3 is 15.7 Å². The Kier molecular flexibility index (Phi) is 5.83. The standard InChI is InChI=1S/C20H19N3O3S/c1-2-13-6-8-15(9-7-13)22-20-23-17(12-27-20)11-18(24)21-16-5-3-4-14(10-16)19(25)26/h3-10,12H,2,11H2,1H3,(H,21,24)(H,22,23)(H,25,26). The van der Waals surface area contributed by atoms with Crippen molar-refractivity contribution in [3.63, 3.8) is 0 Å². The number of amides is 1. The molecule has 3 rings (SSSR count). The van der Waals surface area contributed by atoms with Gasteiger partial charge in [0.05, 0.1) is 17.7 Å². The maximum Gasteiger partial charge on any atom is 0.335 e. The van der Waals surface area contributed by atoms with Gasteiger partial charge in [0.1, 0.15) is 0 Å². The molecule has 27 heavy (non-hydrogen) atoms. The molecule has 1 aromatic heterocycles. The zero-order chi connectivity index (χ0) is 19.2. The number of aromatic carboxylic acids is 1. The van der Waals surface area contributed by atoms with Gasteiger partial charge in [0.15, 0.2) is 5.13 Å². The van der Waals surface area contributed by atoms with Crippen LogP contribution in [0.4, 0.5) is 16.5 Å². The van der Waals surface area contributed by atoms with Crippen LogP contribution < -0.4 is 10.6 Å². The van der Waals surface area contributed by atoms with Crippen molar-refractivity contribution in [3.05, 3.63) is 70.7 Å². The van der Waals surface area contributed by atoms with Crippen LogP contribution in [0.3, 0.4) is 0 Å². The number of rotatable bonds is 7. The molecule has 7 heteroatoms. The number of aromatic nitrogens is 1. The molecule has 0 saturated heterocycles. The van der Waals surface area contributed by atoms with Crippen molar-refractivity contribution < 1.29 is 14.7 Å². The average molecular weight is 381 g/mol. The number of hydrogen-bond acceptors (Lipinski definition) is 5. The molecule has 3 aromatic rings. The molecule has 0 radical (unpaired) electrons. The third-order valence-electron chi connectivity index (χ3n) is 3.90. The number of hydrogen-bond donors (Lipinski definition) is 3. The molecule has 6 nitrogen and oxygen atoms in total. The van der Waals surface area contributed by atoms with Crippen molar-refractivity contribution in [1.29, 1.82) is 0 Å². The average Bonchev–Trinajstić information content (AvgIpc) is 3.09. The van der Waals surface area contributed by atoms with Crippen molar-refractivity contribution in [3.8, 4) is 0 Å². The summed E-state index contributed by atoms with van der Waals surface area (Å²) in [6, 6.07) is 14.3. The fourth-order valence-corrected chi connectivity index (χ4v) is 3.22. The van der Waals surface area contributed by atoms with Crippen LogP contribution in [-0.4, -0.2) is 22.0 Å². The van der Waals surface area contributed by atoms with Gasteiger partial charge >= 0.3 is 5.97 Å². The van der Waals surface area contributed by atoms with E-state index < -0.39 is 5.97 Å². The summed E-state index contributed by atoms with van der Waals surface area (Å²) in [5.41, 5.74) is 3.44. The molecule has 1 amide bonds. The lowest BCUT2D eigenvalue weighted by Crippen LogP contribution is -2.15. The van der Waals surface area contributed by atoms with Crippen LogP contribution in [-0.2, 0) is 17.6 Å². The van der Waals surface area contributed by atoms with Crippen molar-refractivity contribution in [1.82, 2.24) is 4.98 Å². The van der Waals surface area contributed by atoms with Crippen LogP contribution in [0.2, 0.25) is 0 Å². The number of thiazole rings is 1. The third kappa shape index (κ3) is 5.15. The smallest absolute Gasteiger partial charge is 0.335 e. The number of nitrogens with zero attached hydrogens (tertiary/aromatic N) is 1. The van der Waals surface area contributed by atoms with Crippen molar-refractivity contribution >= 4 is 39.7 Å². The van der Waals surface area contributed by atoms with E-state index in [-0.39, 0.29) is 17.9 Å². The highest BCUT2D eigenvalue weighted by Crippen LogP contribution is 2.22. The summed E-state index contributed by atoms with van der Waals surface area (Å²) in [4.78, 5) is 27.6. The predicted molar refractivity (Wildman–Crippen MR) is 107 cm³/mol. The predicted octanol–water partition coefficient (Wildman–Crippen LogP) is 4.33. The highest BCUT2D eigenvalue weighted by molar-refractivity contribution is 7.13. The summed E-state index contributed by atoms with van der Waals surface area (Å²) in [6.07, 6.45) is 1.11. The SMILES string of the molecule is CCc1ccc(Nc2nc(CC(=O)Nc3cccc(C(=O)O)c3)cs2)cc1. The minimum absolute atomic E-state index is 0.115. The Bertz CT molecular complexity index is 951. The third-order valence-corrected chi connectivity index (χ3v) is 4.71. The fraction of sp³-hybridized carbons (Fsp3) is 0.150. The fourth-order valence-electron chi connectivity index (χ4n) is 2.49. The minimum atomic E-state index is -1.03.